The largest absolute Gasteiger partial charge is 0.496 e. The standard InChI is InChI=1S/C26H28FN5O3.C6H13NO/c1-35-23-7-3-2-6-19(23)21-14-20(25(27)26-22(21)13-18(16-33)30-26)17-5-4-10-31(15-17)24(34)8-11-32(29)12-9-28;1-7-4-2-3-6(7)5-8/h2-3,5-7,9,12-14,16,30H,4,8,10-11,15,28-29H2,1H3;6,8H,2-5H2,1H3/b12-9-;. The number of aliphatic hydroxyl groups is 1. The van der Waals surface area contributed by atoms with Gasteiger partial charge in [-0.25, -0.2) is 10.2 Å². The number of aromatic nitrogens is 1. The number of likely N-dealkylation sites (tertiary alicyclic amines) is 1. The number of amides is 1. The summed E-state index contributed by atoms with van der Waals surface area (Å²) in [6.45, 7) is 2.62. The van der Waals surface area contributed by atoms with Gasteiger partial charge in [0.05, 0.1) is 24.9 Å². The molecule has 11 heteroatoms. The van der Waals surface area contributed by atoms with Crippen molar-refractivity contribution >= 4 is 28.7 Å². The van der Waals surface area contributed by atoms with Crippen molar-refractivity contribution in [3.63, 3.8) is 0 Å². The molecule has 6 N–H and O–H groups in total. The molecule has 0 spiro atoms. The summed E-state index contributed by atoms with van der Waals surface area (Å²) in [5, 5.41) is 10.6. The van der Waals surface area contributed by atoms with E-state index >= 15 is 4.39 Å². The van der Waals surface area contributed by atoms with E-state index in [-0.39, 0.29) is 30.1 Å². The lowest BCUT2D eigenvalue weighted by molar-refractivity contribution is -0.130. The van der Waals surface area contributed by atoms with E-state index in [0.717, 1.165) is 17.7 Å². The fourth-order valence-electron chi connectivity index (χ4n) is 5.60. The Hall–Kier alpha value is -4.19. The monoisotopic (exact) mass is 592 g/mol. The quantitative estimate of drug-likeness (QED) is 0.168. The first-order valence-electron chi connectivity index (χ1n) is 14.4. The molecule has 1 saturated heterocycles. The molecule has 3 heterocycles. The molecule has 43 heavy (non-hydrogen) atoms. The summed E-state index contributed by atoms with van der Waals surface area (Å²) in [5.41, 5.74) is 8.43. The summed E-state index contributed by atoms with van der Waals surface area (Å²) >= 11 is 0. The van der Waals surface area contributed by atoms with Crippen molar-refractivity contribution in [2.75, 3.05) is 46.9 Å². The molecule has 0 bridgehead atoms. The number of benzene rings is 2. The highest BCUT2D eigenvalue weighted by Crippen LogP contribution is 2.39. The normalized spacial score (nSPS) is 17.1. The highest BCUT2D eigenvalue weighted by atomic mass is 19.1. The van der Waals surface area contributed by atoms with E-state index in [1.54, 1.807) is 24.1 Å². The molecule has 0 aliphatic carbocycles. The molecule has 230 valence electrons. The van der Waals surface area contributed by atoms with E-state index in [1.807, 2.05) is 30.3 Å². The van der Waals surface area contributed by atoms with Gasteiger partial charge in [0.15, 0.2) is 12.1 Å². The number of rotatable bonds is 9. The van der Waals surface area contributed by atoms with Gasteiger partial charge in [-0.3, -0.25) is 9.59 Å². The van der Waals surface area contributed by atoms with Crippen LogP contribution in [0, 0.1) is 5.82 Å². The number of carbonyl (C=O) groups excluding carboxylic acids is 2. The lowest BCUT2D eigenvalue weighted by Crippen LogP contribution is -2.38. The van der Waals surface area contributed by atoms with Crippen LogP contribution in [0.1, 0.15) is 41.7 Å². The number of H-pyrrole nitrogens is 1. The highest BCUT2D eigenvalue weighted by Gasteiger charge is 2.24. The number of nitrogens with two attached hydrogens (primary N) is 2. The Morgan fingerprint density at radius 1 is 1.23 bits per heavy atom. The van der Waals surface area contributed by atoms with Gasteiger partial charge in [0.25, 0.3) is 0 Å². The molecular weight excluding hydrogens is 551 g/mol. The number of ether oxygens (including phenoxy) is 1. The average molecular weight is 593 g/mol. The third-order valence-corrected chi connectivity index (χ3v) is 7.99. The van der Waals surface area contributed by atoms with Gasteiger partial charge in [-0.05, 0) is 62.2 Å². The van der Waals surface area contributed by atoms with Gasteiger partial charge < -0.3 is 35.4 Å². The van der Waals surface area contributed by atoms with E-state index in [2.05, 4.69) is 16.9 Å². The van der Waals surface area contributed by atoms with Crippen LogP contribution in [0.5, 0.6) is 5.75 Å². The molecule has 3 aromatic rings. The van der Waals surface area contributed by atoms with Crippen LogP contribution in [0.2, 0.25) is 0 Å². The van der Waals surface area contributed by atoms with E-state index in [0.29, 0.717) is 60.7 Å². The van der Waals surface area contributed by atoms with E-state index in [4.69, 9.17) is 21.4 Å². The fourth-order valence-corrected chi connectivity index (χ4v) is 5.60. The van der Waals surface area contributed by atoms with Crippen molar-refractivity contribution < 1.29 is 23.8 Å². The number of likely N-dealkylation sites (N-methyl/N-ethyl adjacent to an activating group) is 1. The number of carbonyl (C=O) groups is 2. The Morgan fingerprint density at radius 2 is 2.02 bits per heavy atom. The summed E-state index contributed by atoms with van der Waals surface area (Å²) in [7, 11) is 3.64. The predicted molar refractivity (Wildman–Crippen MR) is 166 cm³/mol. The number of hydrazine groups is 1. The molecule has 2 aliphatic rings. The van der Waals surface area contributed by atoms with Crippen molar-refractivity contribution in [1.29, 1.82) is 0 Å². The number of nitrogens with zero attached hydrogens (tertiary/aromatic N) is 3. The van der Waals surface area contributed by atoms with E-state index in [9.17, 15) is 9.59 Å². The highest BCUT2D eigenvalue weighted by molar-refractivity contribution is 6.02. The van der Waals surface area contributed by atoms with Crippen LogP contribution in [0.4, 0.5) is 4.39 Å². The minimum absolute atomic E-state index is 0.0778. The zero-order valence-electron chi connectivity index (χ0n) is 24.8. The number of hydrogen-bond donors (Lipinski definition) is 4. The predicted octanol–water partition coefficient (Wildman–Crippen LogP) is 3.48. The van der Waals surface area contributed by atoms with Gasteiger partial charge in [-0.1, -0.05) is 24.3 Å². The van der Waals surface area contributed by atoms with Crippen molar-refractivity contribution in [3.05, 3.63) is 71.9 Å². The number of nitrogens with one attached hydrogen (secondary N) is 1. The molecule has 1 amide bonds. The maximum Gasteiger partial charge on any atom is 0.224 e. The van der Waals surface area contributed by atoms with Crippen LogP contribution in [0.3, 0.4) is 0 Å². The number of methoxy groups -OCH3 is 1. The lowest BCUT2D eigenvalue weighted by atomic mass is 9.93. The summed E-state index contributed by atoms with van der Waals surface area (Å²) in [6.07, 6.45) is 8.64. The first kappa shape index (κ1) is 31.7. The molecule has 2 aliphatic heterocycles. The number of fused-ring (bicyclic) bond motifs is 1. The molecule has 1 fully saturated rings. The smallest absolute Gasteiger partial charge is 0.224 e. The van der Waals surface area contributed by atoms with Crippen LogP contribution >= 0.6 is 0 Å². The summed E-state index contributed by atoms with van der Waals surface area (Å²) < 4.78 is 21.3. The second-order valence-corrected chi connectivity index (χ2v) is 10.7. The molecule has 0 saturated carbocycles. The van der Waals surface area contributed by atoms with Gasteiger partial charge in [0, 0.05) is 61.0 Å². The second kappa shape index (κ2) is 14.8. The third kappa shape index (κ3) is 7.42. The summed E-state index contributed by atoms with van der Waals surface area (Å²) in [4.78, 5) is 31.1. The molecule has 1 atom stereocenters. The van der Waals surface area contributed by atoms with Crippen molar-refractivity contribution in [2.45, 2.75) is 31.7 Å². The molecule has 10 nitrogen and oxygen atoms in total. The maximum atomic E-state index is 15.8. The van der Waals surface area contributed by atoms with Gasteiger partial charge in [0.2, 0.25) is 5.91 Å². The van der Waals surface area contributed by atoms with Crippen LogP contribution in [0.15, 0.2) is 54.9 Å². The molecule has 0 radical (unpaired) electrons. The Balaban J connectivity index is 0.000000458. The fraction of sp³-hybridized carbons (Fsp3) is 0.375. The van der Waals surface area contributed by atoms with E-state index < -0.39 is 5.82 Å². The first-order chi connectivity index (χ1) is 20.8. The minimum Gasteiger partial charge on any atom is -0.496 e. The van der Waals surface area contributed by atoms with Crippen LogP contribution < -0.4 is 16.3 Å². The molecule has 5 rings (SSSR count). The molecule has 1 aromatic heterocycles. The van der Waals surface area contributed by atoms with Crippen LogP contribution in [-0.2, 0) is 4.79 Å². The number of aromatic amines is 1. The number of halogens is 1. The SMILES string of the molecule is CN1CCCC1CO.COc1ccccc1-c1cc(C2=CCCN(C(=O)CCN(N)/C=C\N)C2)c(F)c2[nH]c(C=O)cc12. The maximum absolute atomic E-state index is 15.8. The van der Waals surface area contributed by atoms with Crippen LogP contribution in [0.25, 0.3) is 27.6 Å². The Kier molecular flexibility index (Phi) is 10.9. The second-order valence-electron chi connectivity index (χ2n) is 10.7. The number of para-hydroxylation sites is 1. The van der Waals surface area contributed by atoms with E-state index in [1.165, 1.54) is 30.3 Å². The minimum atomic E-state index is -0.464. The van der Waals surface area contributed by atoms with Crippen molar-refractivity contribution in [3.8, 4) is 16.9 Å². The summed E-state index contributed by atoms with van der Waals surface area (Å²) in [6, 6.07) is 11.3. The molecule has 2 aromatic carbocycles. The summed E-state index contributed by atoms with van der Waals surface area (Å²) in [5.74, 6) is 5.85. The van der Waals surface area contributed by atoms with Crippen LogP contribution in [-0.4, -0.2) is 90.1 Å². The topological polar surface area (TPSA) is 141 Å². The van der Waals surface area contributed by atoms with Gasteiger partial charge in [-0.15, -0.1) is 0 Å². The molecule has 1 unspecified atom stereocenters. The first-order valence-corrected chi connectivity index (χ1v) is 14.4. The van der Waals surface area contributed by atoms with Crippen molar-refractivity contribution in [1.82, 2.24) is 19.8 Å². The van der Waals surface area contributed by atoms with Gasteiger partial charge in [-0.2, -0.15) is 0 Å². The number of aldehydes is 1. The number of hydrogen-bond acceptors (Lipinski definition) is 8. The van der Waals surface area contributed by atoms with Gasteiger partial charge >= 0.3 is 0 Å². The van der Waals surface area contributed by atoms with Crippen molar-refractivity contribution in [2.24, 2.45) is 11.6 Å². The Labute approximate surface area is 251 Å². The molecular formula is C32H41FN6O4. The third-order valence-electron chi connectivity index (χ3n) is 7.99. The van der Waals surface area contributed by atoms with Gasteiger partial charge in [0.1, 0.15) is 5.75 Å². The Morgan fingerprint density at radius 3 is 2.67 bits per heavy atom. The number of aliphatic hydroxyl groups excluding tert-OH is 1. The zero-order valence-corrected chi connectivity index (χ0v) is 24.8. The lowest BCUT2D eigenvalue weighted by Gasteiger charge is -2.29. The Bertz CT molecular complexity index is 1490. The average Bonchev–Trinajstić information content (AvgIpc) is 3.67. The zero-order chi connectivity index (χ0) is 30.9.